The van der Waals surface area contributed by atoms with Crippen LogP contribution in [0.15, 0.2) is 29.6 Å². The Balaban J connectivity index is 1.82. The van der Waals surface area contributed by atoms with E-state index >= 15 is 0 Å². The number of benzene rings is 1. The van der Waals surface area contributed by atoms with Crippen molar-refractivity contribution in [2.24, 2.45) is 0 Å². The first-order chi connectivity index (χ1) is 11.0. The number of halogens is 2. The fourth-order valence-electron chi connectivity index (χ4n) is 2.15. The summed E-state index contributed by atoms with van der Waals surface area (Å²) in [5, 5.41) is 17.4. The number of carbonyl (C=O) groups excluding carboxylic acids is 1. The molecule has 4 nitrogen and oxygen atoms in total. The first kappa shape index (κ1) is 17.8. The van der Waals surface area contributed by atoms with E-state index in [2.05, 4.69) is 5.32 Å². The van der Waals surface area contributed by atoms with Crippen molar-refractivity contribution < 1.29 is 10.1 Å². The van der Waals surface area contributed by atoms with Crippen molar-refractivity contribution in [1.29, 1.82) is 5.26 Å². The SMILES string of the molecule is C[C@H]([NH2+]CCC(=O)Nc1sccc1C#N)c1ccc(Cl)cc1Cl. The standard InChI is InChI=1S/C16H15Cl2N3OS/c1-10(13-3-2-12(17)8-14(13)18)20-6-4-15(22)21-16-11(9-19)5-7-23-16/h2-3,5,7-8,10,20H,4,6H2,1H3,(H,21,22)/p+1/t10-/m0/s1. The van der Waals surface area contributed by atoms with Crippen LogP contribution in [0.5, 0.6) is 0 Å². The van der Waals surface area contributed by atoms with Gasteiger partial charge in [-0.05, 0) is 30.5 Å². The van der Waals surface area contributed by atoms with Crippen LogP contribution in [0, 0.1) is 11.3 Å². The van der Waals surface area contributed by atoms with Gasteiger partial charge in [-0.3, -0.25) is 4.79 Å². The Kier molecular flexibility index (Phi) is 6.43. The molecular formula is C16H16Cl2N3OS+. The number of hydrogen-bond donors (Lipinski definition) is 2. The molecule has 1 amide bonds. The molecule has 7 heteroatoms. The fourth-order valence-corrected chi connectivity index (χ4v) is 3.48. The summed E-state index contributed by atoms with van der Waals surface area (Å²) < 4.78 is 0. The highest BCUT2D eigenvalue weighted by molar-refractivity contribution is 7.14. The van der Waals surface area contributed by atoms with Crippen molar-refractivity contribution in [3.05, 3.63) is 50.8 Å². The van der Waals surface area contributed by atoms with Crippen molar-refractivity contribution in [2.45, 2.75) is 19.4 Å². The van der Waals surface area contributed by atoms with Crippen LogP contribution in [-0.2, 0) is 4.79 Å². The lowest BCUT2D eigenvalue weighted by molar-refractivity contribution is -0.691. The van der Waals surface area contributed by atoms with E-state index in [1.807, 2.05) is 24.4 Å². The number of quaternary nitrogens is 1. The molecule has 1 atom stereocenters. The van der Waals surface area contributed by atoms with Gasteiger partial charge in [0.2, 0.25) is 5.91 Å². The molecule has 0 spiro atoms. The molecule has 0 aliphatic heterocycles. The summed E-state index contributed by atoms with van der Waals surface area (Å²) in [4.78, 5) is 11.9. The van der Waals surface area contributed by atoms with Gasteiger partial charge in [-0.2, -0.15) is 5.26 Å². The molecule has 1 heterocycles. The van der Waals surface area contributed by atoms with Crippen LogP contribution in [0.25, 0.3) is 0 Å². The second-order valence-electron chi connectivity index (χ2n) is 5.05. The Labute approximate surface area is 149 Å². The second kappa shape index (κ2) is 8.32. The quantitative estimate of drug-likeness (QED) is 0.817. The minimum Gasteiger partial charge on any atom is -0.340 e. The van der Waals surface area contributed by atoms with Gasteiger partial charge in [-0.15, -0.1) is 11.3 Å². The van der Waals surface area contributed by atoms with E-state index in [0.29, 0.717) is 33.6 Å². The van der Waals surface area contributed by atoms with Gasteiger partial charge in [0.1, 0.15) is 17.1 Å². The number of hydrogen-bond acceptors (Lipinski definition) is 3. The molecule has 23 heavy (non-hydrogen) atoms. The van der Waals surface area contributed by atoms with Crippen molar-refractivity contribution in [1.82, 2.24) is 0 Å². The molecule has 0 radical (unpaired) electrons. The molecule has 1 aromatic carbocycles. The highest BCUT2D eigenvalue weighted by Crippen LogP contribution is 2.24. The van der Waals surface area contributed by atoms with E-state index in [1.54, 1.807) is 23.6 Å². The van der Waals surface area contributed by atoms with Gasteiger partial charge in [0.05, 0.1) is 23.6 Å². The third kappa shape index (κ3) is 4.95. The lowest BCUT2D eigenvalue weighted by atomic mass is 10.1. The fraction of sp³-hybridized carbons (Fsp3) is 0.250. The number of nitrogens with one attached hydrogen (secondary N) is 1. The molecule has 0 fully saturated rings. The van der Waals surface area contributed by atoms with E-state index in [-0.39, 0.29) is 11.9 Å². The Hall–Kier alpha value is -1.58. The average molecular weight is 369 g/mol. The second-order valence-corrected chi connectivity index (χ2v) is 6.81. The smallest absolute Gasteiger partial charge is 0.230 e. The molecule has 0 aliphatic rings. The van der Waals surface area contributed by atoms with Crippen molar-refractivity contribution in [3.63, 3.8) is 0 Å². The largest absolute Gasteiger partial charge is 0.340 e. The summed E-state index contributed by atoms with van der Waals surface area (Å²) in [7, 11) is 0. The summed E-state index contributed by atoms with van der Waals surface area (Å²) in [5.41, 5.74) is 1.48. The Bertz CT molecular complexity index is 739. The molecule has 2 rings (SSSR count). The van der Waals surface area contributed by atoms with Crippen LogP contribution in [0.4, 0.5) is 5.00 Å². The number of nitrogens with two attached hydrogens (primary N) is 1. The van der Waals surface area contributed by atoms with Gasteiger partial charge in [0, 0.05) is 10.6 Å². The predicted molar refractivity (Wildman–Crippen MR) is 94.0 cm³/mol. The predicted octanol–water partition coefficient (Wildman–Crippen LogP) is 3.58. The number of nitrogens with zero attached hydrogens (tertiary/aromatic N) is 1. The van der Waals surface area contributed by atoms with Crippen molar-refractivity contribution >= 4 is 45.4 Å². The van der Waals surface area contributed by atoms with Gasteiger partial charge >= 0.3 is 0 Å². The number of amides is 1. The van der Waals surface area contributed by atoms with E-state index < -0.39 is 0 Å². The maximum absolute atomic E-state index is 11.9. The Morgan fingerprint density at radius 1 is 1.43 bits per heavy atom. The number of nitriles is 1. The van der Waals surface area contributed by atoms with Crippen LogP contribution in [0.1, 0.15) is 30.5 Å². The number of thiophene rings is 1. The molecule has 1 aromatic heterocycles. The van der Waals surface area contributed by atoms with Gasteiger partial charge in [-0.1, -0.05) is 29.3 Å². The lowest BCUT2D eigenvalue weighted by Gasteiger charge is -2.12. The van der Waals surface area contributed by atoms with Gasteiger partial charge in [0.25, 0.3) is 0 Å². The first-order valence-corrected chi connectivity index (χ1v) is 8.70. The van der Waals surface area contributed by atoms with Crippen LogP contribution >= 0.6 is 34.5 Å². The monoisotopic (exact) mass is 368 g/mol. The maximum Gasteiger partial charge on any atom is 0.230 e. The molecule has 0 aliphatic carbocycles. The zero-order valence-electron chi connectivity index (χ0n) is 12.5. The normalized spacial score (nSPS) is 11.7. The van der Waals surface area contributed by atoms with Crippen LogP contribution in [0.2, 0.25) is 10.0 Å². The summed E-state index contributed by atoms with van der Waals surface area (Å²) >= 11 is 13.4. The average Bonchev–Trinajstić information content (AvgIpc) is 2.94. The third-order valence-electron chi connectivity index (χ3n) is 3.38. The van der Waals surface area contributed by atoms with Gasteiger partial charge < -0.3 is 10.6 Å². The Morgan fingerprint density at radius 3 is 2.91 bits per heavy atom. The first-order valence-electron chi connectivity index (χ1n) is 7.07. The molecule has 0 saturated heterocycles. The summed E-state index contributed by atoms with van der Waals surface area (Å²) in [6.07, 6.45) is 0.359. The minimum absolute atomic E-state index is 0.102. The zero-order valence-corrected chi connectivity index (χ0v) is 14.8. The highest BCUT2D eigenvalue weighted by Gasteiger charge is 2.14. The van der Waals surface area contributed by atoms with Gasteiger partial charge in [-0.25, -0.2) is 0 Å². The third-order valence-corrected chi connectivity index (χ3v) is 4.78. The molecule has 0 bridgehead atoms. The minimum atomic E-state index is -0.102. The van der Waals surface area contributed by atoms with Crippen LogP contribution in [0.3, 0.4) is 0 Å². The van der Waals surface area contributed by atoms with E-state index in [1.165, 1.54) is 11.3 Å². The van der Waals surface area contributed by atoms with E-state index in [9.17, 15) is 4.79 Å². The summed E-state index contributed by atoms with van der Waals surface area (Å²) in [5.74, 6) is -0.102. The molecule has 3 N–H and O–H groups in total. The number of rotatable bonds is 6. The van der Waals surface area contributed by atoms with E-state index in [4.69, 9.17) is 28.5 Å². The zero-order chi connectivity index (χ0) is 16.8. The summed E-state index contributed by atoms with van der Waals surface area (Å²) in [6, 6.07) is 9.29. The molecule has 0 unspecified atom stereocenters. The topological polar surface area (TPSA) is 69.5 Å². The van der Waals surface area contributed by atoms with Gasteiger partial charge in [0.15, 0.2) is 0 Å². The molecule has 120 valence electrons. The van der Waals surface area contributed by atoms with Crippen molar-refractivity contribution in [2.75, 3.05) is 11.9 Å². The van der Waals surface area contributed by atoms with Crippen molar-refractivity contribution in [3.8, 4) is 6.07 Å². The Morgan fingerprint density at radius 2 is 2.22 bits per heavy atom. The summed E-state index contributed by atoms with van der Waals surface area (Å²) in [6.45, 7) is 2.65. The molecule has 2 aromatic rings. The highest BCUT2D eigenvalue weighted by atomic mass is 35.5. The van der Waals surface area contributed by atoms with Crippen LogP contribution < -0.4 is 10.6 Å². The maximum atomic E-state index is 11.9. The molecule has 0 saturated carbocycles. The van der Waals surface area contributed by atoms with Crippen LogP contribution in [-0.4, -0.2) is 12.5 Å². The number of carbonyl (C=O) groups is 1. The molecular weight excluding hydrogens is 353 g/mol. The van der Waals surface area contributed by atoms with E-state index in [0.717, 1.165) is 5.56 Å². The lowest BCUT2D eigenvalue weighted by Crippen LogP contribution is -2.85. The number of anilines is 1.